The summed E-state index contributed by atoms with van der Waals surface area (Å²) in [4.78, 5) is 41.2. The molecule has 2 N–H and O–H groups in total. The zero-order chi connectivity index (χ0) is 19.0. The first-order valence-corrected chi connectivity index (χ1v) is 9.17. The molecule has 4 rings (SSSR count). The zero-order valence-electron chi connectivity index (χ0n) is 15.8. The molecule has 3 amide bonds. The van der Waals surface area contributed by atoms with Gasteiger partial charge in [-0.25, -0.2) is 0 Å². The lowest BCUT2D eigenvalue weighted by Crippen LogP contribution is -2.56. The molecule has 6 heteroatoms. The van der Waals surface area contributed by atoms with Crippen LogP contribution in [0.1, 0.15) is 40.2 Å². The summed E-state index contributed by atoms with van der Waals surface area (Å²) in [6.45, 7) is 9.61. The molecule has 0 radical (unpaired) electrons. The van der Waals surface area contributed by atoms with Crippen LogP contribution in [0.25, 0.3) is 0 Å². The molecule has 3 heterocycles. The van der Waals surface area contributed by atoms with Gasteiger partial charge in [0.25, 0.3) is 0 Å². The largest absolute Gasteiger partial charge is 0.324 e. The van der Waals surface area contributed by atoms with Gasteiger partial charge in [-0.2, -0.15) is 0 Å². The number of carbonyl (C=O) groups is 3. The number of amides is 3. The van der Waals surface area contributed by atoms with Gasteiger partial charge in [0.1, 0.15) is 5.54 Å². The number of nitrogens with one attached hydrogen (secondary N) is 2. The van der Waals surface area contributed by atoms with Crippen LogP contribution >= 0.6 is 0 Å². The molecular weight excluding hydrogens is 330 g/mol. The molecule has 26 heavy (non-hydrogen) atoms. The second-order valence-electron chi connectivity index (χ2n) is 8.91. The van der Waals surface area contributed by atoms with Crippen molar-refractivity contribution in [3.8, 4) is 0 Å². The number of fused-ring (bicyclic) bond motifs is 4. The number of benzene rings is 1. The summed E-state index contributed by atoms with van der Waals surface area (Å²) in [5, 5.41) is 6.33. The topological polar surface area (TPSA) is 78.5 Å². The second-order valence-corrected chi connectivity index (χ2v) is 8.91. The molecule has 3 aliphatic heterocycles. The normalized spacial score (nSPS) is 33.2. The molecule has 0 bridgehead atoms. The Morgan fingerprint density at radius 1 is 1.08 bits per heavy atom. The Morgan fingerprint density at radius 3 is 2.35 bits per heavy atom. The molecule has 0 aliphatic carbocycles. The van der Waals surface area contributed by atoms with Gasteiger partial charge >= 0.3 is 0 Å². The van der Waals surface area contributed by atoms with Gasteiger partial charge in [0.15, 0.2) is 0 Å². The summed E-state index contributed by atoms with van der Waals surface area (Å²) in [5.74, 6) is -1.81. The van der Waals surface area contributed by atoms with Gasteiger partial charge in [0.05, 0.1) is 11.8 Å². The van der Waals surface area contributed by atoms with E-state index in [0.29, 0.717) is 5.69 Å². The van der Waals surface area contributed by atoms with Crippen molar-refractivity contribution in [3.05, 3.63) is 29.8 Å². The van der Waals surface area contributed by atoms with E-state index in [1.54, 1.807) is 0 Å². The quantitative estimate of drug-likeness (QED) is 0.754. The fraction of sp³-hybridized carbons (Fsp3) is 0.550. The highest BCUT2D eigenvalue weighted by Gasteiger charge is 2.71. The lowest BCUT2D eigenvalue weighted by atomic mass is 9.76. The average Bonchev–Trinajstić information content (AvgIpc) is 3.12. The third kappa shape index (κ3) is 1.93. The fourth-order valence-corrected chi connectivity index (χ4v) is 4.92. The Morgan fingerprint density at radius 2 is 1.73 bits per heavy atom. The van der Waals surface area contributed by atoms with Crippen LogP contribution < -0.4 is 10.6 Å². The van der Waals surface area contributed by atoms with E-state index >= 15 is 0 Å². The monoisotopic (exact) mass is 355 g/mol. The second kappa shape index (κ2) is 5.16. The number of nitrogens with zero attached hydrogens (tertiary/aromatic N) is 1. The summed E-state index contributed by atoms with van der Waals surface area (Å²) in [6, 6.07) is 7.19. The molecule has 2 unspecified atom stereocenters. The van der Waals surface area contributed by atoms with E-state index in [2.05, 4.69) is 10.6 Å². The van der Waals surface area contributed by atoms with Crippen molar-refractivity contribution in [1.82, 2.24) is 10.2 Å². The Bertz CT molecular complexity index is 826. The minimum atomic E-state index is -1.18. The third-order valence-corrected chi connectivity index (χ3v) is 5.95. The Kier molecular flexibility index (Phi) is 3.42. The molecule has 4 atom stereocenters. The van der Waals surface area contributed by atoms with E-state index < -0.39 is 22.9 Å². The first kappa shape index (κ1) is 17.2. The van der Waals surface area contributed by atoms with Gasteiger partial charge in [-0.3, -0.25) is 24.6 Å². The fourth-order valence-electron chi connectivity index (χ4n) is 4.92. The molecule has 2 fully saturated rings. The van der Waals surface area contributed by atoms with Crippen molar-refractivity contribution in [2.24, 2.45) is 17.8 Å². The number of hydrogen-bond donors (Lipinski definition) is 2. The smallest absolute Gasteiger partial charge is 0.250 e. The SMILES string of the molecule is CC(C)C1NC2(C(=O)Nc3ccccc32)[C@@H]2C(=O)N(C(C)(C)C)C(=O)[C@H]12. The van der Waals surface area contributed by atoms with Gasteiger partial charge in [-0.05, 0) is 32.8 Å². The predicted molar refractivity (Wildman–Crippen MR) is 97.1 cm³/mol. The van der Waals surface area contributed by atoms with Gasteiger partial charge in [-0.15, -0.1) is 0 Å². The summed E-state index contributed by atoms with van der Waals surface area (Å²) in [5.41, 5.74) is -0.318. The van der Waals surface area contributed by atoms with E-state index in [9.17, 15) is 14.4 Å². The molecule has 1 aromatic carbocycles. The van der Waals surface area contributed by atoms with Crippen molar-refractivity contribution in [2.45, 2.75) is 51.7 Å². The van der Waals surface area contributed by atoms with E-state index in [4.69, 9.17) is 0 Å². The van der Waals surface area contributed by atoms with Crippen molar-refractivity contribution in [1.29, 1.82) is 0 Å². The molecule has 1 aromatic rings. The van der Waals surface area contributed by atoms with Crippen LogP contribution in [0.15, 0.2) is 24.3 Å². The molecule has 3 aliphatic rings. The van der Waals surface area contributed by atoms with Gasteiger partial charge in [0.2, 0.25) is 17.7 Å². The average molecular weight is 355 g/mol. The third-order valence-electron chi connectivity index (χ3n) is 5.95. The van der Waals surface area contributed by atoms with Crippen LogP contribution in [0.4, 0.5) is 5.69 Å². The van der Waals surface area contributed by atoms with E-state index in [1.165, 1.54) is 4.90 Å². The Hall–Kier alpha value is -2.21. The van der Waals surface area contributed by atoms with Crippen LogP contribution in [-0.4, -0.2) is 34.2 Å². The minimum absolute atomic E-state index is 0.110. The van der Waals surface area contributed by atoms with Crippen LogP contribution in [0.5, 0.6) is 0 Å². The maximum absolute atomic E-state index is 13.4. The first-order chi connectivity index (χ1) is 12.1. The number of hydrogen-bond acceptors (Lipinski definition) is 4. The predicted octanol–water partition coefficient (Wildman–Crippen LogP) is 1.86. The number of carbonyl (C=O) groups excluding carboxylic acids is 3. The molecular formula is C20H25N3O3. The van der Waals surface area contributed by atoms with Gasteiger partial charge < -0.3 is 5.32 Å². The van der Waals surface area contributed by atoms with Crippen molar-refractivity contribution in [2.75, 3.05) is 5.32 Å². The molecule has 2 saturated heterocycles. The van der Waals surface area contributed by atoms with Crippen LogP contribution in [-0.2, 0) is 19.9 Å². The lowest BCUT2D eigenvalue weighted by molar-refractivity contribution is -0.148. The van der Waals surface area contributed by atoms with E-state index in [-0.39, 0.29) is 29.7 Å². The zero-order valence-corrected chi connectivity index (χ0v) is 15.8. The Balaban J connectivity index is 1.93. The van der Waals surface area contributed by atoms with Crippen molar-refractivity contribution >= 4 is 23.4 Å². The van der Waals surface area contributed by atoms with Gasteiger partial charge in [0, 0.05) is 22.8 Å². The number of para-hydroxylation sites is 1. The minimum Gasteiger partial charge on any atom is -0.324 e. The van der Waals surface area contributed by atoms with Crippen LogP contribution in [0, 0.1) is 17.8 Å². The number of rotatable bonds is 1. The molecule has 0 saturated carbocycles. The van der Waals surface area contributed by atoms with Crippen LogP contribution in [0.2, 0.25) is 0 Å². The maximum Gasteiger partial charge on any atom is 0.250 e. The number of likely N-dealkylation sites (tertiary alicyclic amines) is 1. The standard InChI is InChI=1S/C20H25N3O3/c1-10(2)15-13-14(17(25)23(16(13)24)19(3,4)5)20(22-15)11-8-6-7-9-12(11)21-18(20)26/h6-10,13-15,22H,1-5H3,(H,21,26)/t13-,14-,15?,20?/m0/s1. The van der Waals surface area contributed by atoms with E-state index in [0.717, 1.165) is 5.56 Å². The highest BCUT2D eigenvalue weighted by Crippen LogP contribution is 2.54. The first-order valence-electron chi connectivity index (χ1n) is 9.17. The van der Waals surface area contributed by atoms with Crippen molar-refractivity contribution < 1.29 is 14.4 Å². The van der Waals surface area contributed by atoms with Crippen LogP contribution in [0.3, 0.4) is 0 Å². The molecule has 6 nitrogen and oxygen atoms in total. The summed E-state index contributed by atoms with van der Waals surface area (Å²) in [7, 11) is 0. The van der Waals surface area contributed by atoms with Crippen molar-refractivity contribution in [3.63, 3.8) is 0 Å². The van der Waals surface area contributed by atoms with Gasteiger partial charge in [-0.1, -0.05) is 32.0 Å². The molecule has 138 valence electrons. The number of imide groups is 1. The lowest BCUT2D eigenvalue weighted by Gasteiger charge is -2.35. The maximum atomic E-state index is 13.4. The molecule has 1 spiro atoms. The summed E-state index contributed by atoms with van der Waals surface area (Å²) in [6.07, 6.45) is 0. The summed E-state index contributed by atoms with van der Waals surface area (Å²) < 4.78 is 0. The Labute approximate surface area is 153 Å². The summed E-state index contributed by atoms with van der Waals surface area (Å²) >= 11 is 0. The molecule has 0 aromatic heterocycles. The van der Waals surface area contributed by atoms with E-state index in [1.807, 2.05) is 58.9 Å². The highest BCUT2D eigenvalue weighted by atomic mass is 16.2. The number of anilines is 1. The highest BCUT2D eigenvalue weighted by molar-refractivity contribution is 6.15.